The molecule has 0 spiro atoms. The molecule has 4 heteroatoms. The molecule has 14 heavy (non-hydrogen) atoms. The van der Waals surface area contributed by atoms with Gasteiger partial charge in [0.25, 0.3) is 0 Å². The van der Waals surface area contributed by atoms with Crippen molar-refractivity contribution in [3.05, 3.63) is 12.2 Å². The first kappa shape index (κ1) is 8.41. The third-order valence-electron chi connectivity index (χ3n) is 3.45. The van der Waals surface area contributed by atoms with E-state index in [2.05, 4.69) is 14.8 Å². The largest absolute Gasteiger partial charge is 0.319 e. The quantitative estimate of drug-likeness (QED) is 0.769. The summed E-state index contributed by atoms with van der Waals surface area (Å²) >= 11 is 0. The van der Waals surface area contributed by atoms with Crippen molar-refractivity contribution >= 4 is 0 Å². The van der Waals surface area contributed by atoms with Crippen LogP contribution in [0, 0.1) is 0 Å². The molecule has 4 nitrogen and oxygen atoms in total. The van der Waals surface area contributed by atoms with E-state index in [1.165, 1.54) is 25.7 Å². The Morgan fingerprint density at radius 2 is 2.07 bits per heavy atom. The lowest BCUT2D eigenvalue weighted by Crippen LogP contribution is -2.36. The topological polar surface area (TPSA) is 56.7 Å². The van der Waals surface area contributed by atoms with Gasteiger partial charge in [0.2, 0.25) is 0 Å². The van der Waals surface area contributed by atoms with Crippen LogP contribution in [0.15, 0.2) is 6.33 Å². The van der Waals surface area contributed by atoms with Crippen molar-refractivity contribution in [3.8, 4) is 0 Å². The Labute approximate surface area is 83.5 Å². The predicted octanol–water partition coefficient (Wildman–Crippen LogP) is 1.34. The van der Waals surface area contributed by atoms with E-state index in [4.69, 9.17) is 5.73 Å². The van der Waals surface area contributed by atoms with Crippen LogP contribution in [0.3, 0.4) is 0 Å². The molecule has 1 heterocycles. The molecule has 0 aliphatic heterocycles. The number of aromatic nitrogens is 3. The predicted molar refractivity (Wildman–Crippen MR) is 52.6 cm³/mol. The van der Waals surface area contributed by atoms with Crippen LogP contribution in [0.2, 0.25) is 0 Å². The summed E-state index contributed by atoms with van der Waals surface area (Å²) < 4.78 is 2.20. The Balaban J connectivity index is 1.97. The number of hydrogen-bond acceptors (Lipinski definition) is 3. The van der Waals surface area contributed by atoms with Crippen LogP contribution in [0.25, 0.3) is 0 Å². The summed E-state index contributed by atoms with van der Waals surface area (Å²) in [6.45, 7) is 0. The summed E-state index contributed by atoms with van der Waals surface area (Å²) in [4.78, 5) is 0. The molecule has 0 aromatic carbocycles. The van der Waals surface area contributed by atoms with Gasteiger partial charge in [-0.25, -0.2) is 0 Å². The molecule has 0 amide bonds. The first-order chi connectivity index (χ1) is 6.80. The summed E-state index contributed by atoms with van der Waals surface area (Å²) in [6.07, 6.45) is 8.97. The molecular formula is C10H16N4. The molecule has 2 aliphatic carbocycles. The highest BCUT2D eigenvalue weighted by atomic mass is 15.3. The fourth-order valence-electron chi connectivity index (χ4n) is 2.45. The Kier molecular flexibility index (Phi) is 1.68. The van der Waals surface area contributed by atoms with E-state index in [0.717, 1.165) is 18.7 Å². The smallest absolute Gasteiger partial charge is 0.153 e. The van der Waals surface area contributed by atoms with Gasteiger partial charge in [-0.15, -0.1) is 10.2 Å². The van der Waals surface area contributed by atoms with E-state index >= 15 is 0 Å². The van der Waals surface area contributed by atoms with Crippen LogP contribution in [0.1, 0.15) is 50.4 Å². The van der Waals surface area contributed by atoms with Crippen LogP contribution < -0.4 is 5.73 Å². The summed E-state index contributed by atoms with van der Waals surface area (Å²) in [5.74, 6) is 1.03. The van der Waals surface area contributed by atoms with Crippen LogP contribution in [0.5, 0.6) is 0 Å². The number of hydrogen-bond donors (Lipinski definition) is 1. The van der Waals surface area contributed by atoms with E-state index in [-0.39, 0.29) is 5.54 Å². The first-order valence-electron chi connectivity index (χ1n) is 5.48. The lowest BCUT2D eigenvalue weighted by Gasteiger charge is -2.22. The zero-order valence-corrected chi connectivity index (χ0v) is 8.32. The summed E-state index contributed by atoms with van der Waals surface area (Å²) in [5, 5.41) is 8.23. The highest BCUT2D eigenvalue weighted by Crippen LogP contribution is 2.41. The molecule has 1 aromatic heterocycles. The second-order valence-corrected chi connectivity index (χ2v) is 4.66. The maximum Gasteiger partial charge on any atom is 0.153 e. The minimum absolute atomic E-state index is 0.181. The molecule has 3 rings (SSSR count). The van der Waals surface area contributed by atoms with E-state index in [0.29, 0.717) is 6.04 Å². The third kappa shape index (κ3) is 1.17. The fraction of sp³-hybridized carbons (Fsp3) is 0.800. The van der Waals surface area contributed by atoms with Gasteiger partial charge in [-0.1, -0.05) is 12.8 Å². The molecule has 2 saturated carbocycles. The van der Waals surface area contributed by atoms with Crippen LogP contribution >= 0.6 is 0 Å². The standard InChI is InChI=1S/C10H16N4/c11-10(5-1-2-6-10)9-13-12-7-14(9)8-3-4-8/h7-8H,1-6,11H2. The molecule has 0 unspecified atom stereocenters. The van der Waals surface area contributed by atoms with Gasteiger partial charge in [0.15, 0.2) is 5.82 Å². The van der Waals surface area contributed by atoms with Crippen molar-refractivity contribution < 1.29 is 0 Å². The lowest BCUT2D eigenvalue weighted by atomic mass is 9.98. The Bertz CT molecular complexity index is 334. The Morgan fingerprint density at radius 3 is 2.71 bits per heavy atom. The molecule has 0 radical (unpaired) electrons. The zero-order valence-electron chi connectivity index (χ0n) is 8.32. The molecule has 2 aliphatic rings. The maximum absolute atomic E-state index is 6.37. The molecule has 0 atom stereocenters. The molecule has 2 fully saturated rings. The second-order valence-electron chi connectivity index (χ2n) is 4.66. The normalized spacial score (nSPS) is 25.5. The fourth-order valence-corrected chi connectivity index (χ4v) is 2.45. The summed E-state index contributed by atoms with van der Waals surface area (Å²) in [5.41, 5.74) is 6.19. The second kappa shape index (κ2) is 2.79. The SMILES string of the molecule is NC1(c2nncn2C2CC2)CCCC1. The number of rotatable bonds is 2. The van der Waals surface area contributed by atoms with Gasteiger partial charge in [0.05, 0.1) is 5.54 Å². The number of nitrogens with two attached hydrogens (primary N) is 1. The minimum Gasteiger partial charge on any atom is -0.319 e. The van der Waals surface area contributed by atoms with Gasteiger partial charge in [-0.3, -0.25) is 0 Å². The average Bonchev–Trinajstić information content (AvgIpc) is 2.75. The van der Waals surface area contributed by atoms with Crippen molar-refractivity contribution in [1.29, 1.82) is 0 Å². The van der Waals surface area contributed by atoms with Crippen molar-refractivity contribution in [2.75, 3.05) is 0 Å². The van der Waals surface area contributed by atoms with Crippen LogP contribution in [0.4, 0.5) is 0 Å². The molecule has 76 valence electrons. The number of nitrogens with zero attached hydrogens (tertiary/aromatic N) is 3. The third-order valence-corrected chi connectivity index (χ3v) is 3.45. The van der Waals surface area contributed by atoms with Crippen LogP contribution in [-0.4, -0.2) is 14.8 Å². The van der Waals surface area contributed by atoms with E-state index in [1.54, 1.807) is 0 Å². The van der Waals surface area contributed by atoms with Crippen LogP contribution in [-0.2, 0) is 5.54 Å². The van der Waals surface area contributed by atoms with Gasteiger partial charge in [0.1, 0.15) is 6.33 Å². The molecule has 1 aromatic rings. The van der Waals surface area contributed by atoms with Crippen molar-refractivity contribution in [2.24, 2.45) is 5.73 Å². The minimum atomic E-state index is -0.181. The summed E-state index contributed by atoms with van der Waals surface area (Å²) in [6, 6.07) is 0.640. The summed E-state index contributed by atoms with van der Waals surface area (Å²) in [7, 11) is 0. The highest BCUT2D eigenvalue weighted by molar-refractivity contribution is 5.10. The van der Waals surface area contributed by atoms with Gasteiger partial charge >= 0.3 is 0 Å². The molecular weight excluding hydrogens is 176 g/mol. The van der Waals surface area contributed by atoms with E-state index in [9.17, 15) is 0 Å². The van der Waals surface area contributed by atoms with Gasteiger partial charge in [-0.2, -0.15) is 0 Å². The molecule has 2 N–H and O–H groups in total. The maximum atomic E-state index is 6.37. The van der Waals surface area contributed by atoms with E-state index in [1.807, 2.05) is 6.33 Å². The van der Waals surface area contributed by atoms with E-state index < -0.39 is 0 Å². The first-order valence-corrected chi connectivity index (χ1v) is 5.48. The average molecular weight is 192 g/mol. The van der Waals surface area contributed by atoms with Gasteiger partial charge in [-0.05, 0) is 25.7 Å². The van der Waals surface area contributed by atoms with Crippen molar-refractivity contribution in [1.82, 2.24) is 14.8 Å². The molecule has 0 saturated heterocycles. The Hall–Kier alpha value is -0.900. The van der Waals surface area contributed by atoms with Crippen molar-refractivity contribution in [2.45, 2.75) is 50.1 Å². The monoisotopic (exact) mass is 192 g/mol. The Morgan fingerprint density at radius 1 is 1.36 bits per heavy atom. The van der Waals surface area contributed by atoms with Gasteiger partial charge in [0, 0.05) is 6.04 Å². The lowest BCUT2D eigenvalue weighted by molar-refractivity contribution is 0.407. The highest BCUT2D eigenvalue weighted by Gasteiger charge is 2.38. The molecule has 0 bridgehead atoms. The van der Waals surface area contributed by atoms with Gasteiger partial charge < -0.3 is 10.3 Å². The van der Waals surface area contributed by atoms with Crippen molar-refractivity contribution in [3.63, 3.8) is 0 Å². The zero-order chi connectivity index (χ0) is 9.60.